The highest BCUT2D eigenvalue weighted by atomic mass is 16.3. The Morgan fingerprint density at radius 1 is 0.195 bits per heavy atom. The lowest BCUT2D eigenvalue weighted by atomic mass is 10.0. The van der Waals surface area contributed by atoms with Gasteiger partial charge in [-0.05, 0) is 187 Å². The summed E-state index contributed by atoms with van der Waals surface area (Å²) >= 11 is 0. The topological polar surface area (TPSA) is 30.0 Å². The Morgan fingerprint density at radius 3 is 0.524 bits per heavy atom. The van der Waals surface area contributed by atoms with Gasteiger partial charge in [-0.15, -0.1) is 0 Å². The van der Waals surface area contributed by atoms with Gasteiger partial charge < -0.3 is 19.8 Å². The molecule has 82 heavy (non-hydrogen) atoms. The monoisotopic (exact) mass is 1060 g/mol. The largest absolute Gasteiger partial charge is 0.392 e. The average molecular weight is 1060 g/mol. The van der Waals surface area contributed by atoms with E-state index in [0.717, 1.165) is 90.1 Å². The average Bonchev–Trinajstić information content (AvgIpc) is 3.65. The fourth-order valence-electron chi connectivity index (χ4n) is 10.8. The minimum Gasteiger partial charge on any atom is -0.392 e. The summed E-state index contributed by atoms with van der Waals surface area (Å²) in [5.74, 6) is 0. The maximum absolute atomic E-state index is 9.86. The normalized spacial score (nSPS) is 11.1. The molecule has 0 heterocycles. The van der Waals surface area contributed by atoms with Crippen LogP contribution in [-0.4, -0.2) is 5.11 Å². The molecule has 0 bridgehead atoms. The molecule has 4 nitrogen and oxygen atoms in total. The van der Waals surface area contributed by atoms with Crippen LogP contribution in [0.1, 0.15) is 33.4 Å². The van der Waals surface area contributed by atoms with E-state index < -0.39 is 0 Å². The molecular weight excluding hydrogens is 995 g/mol. The molecule has 0 aromatic heterocycles. The van der Waals surface area contributed by atoms with Gasteiger partial charge in [0.25, 0.3) is 0 Å². The molecule has 398 valence electrons. The number of hydrogen-bond donors (Lipinski definition) is 1. The Morgan fingerprint density at radius 2 is 0.341 bits per heavy atom. The van der Waals surface area contributed by atoms with E-state index in [0.29, 0.717) is 0 Å². The molecule has 12 aromatic rings. The van der Waals surface area contributed by atoms with Crippen LogP contribution in [0.25, 0.3) is 55.6 Å². The molecule has 0 unspecified atom stereocenters. The highest BCUT2D eigenvalue weighted by Gasteiger charge is 2.23. The maximum Gasteiger partial charge on any atom is 0.0681 e. The first-order chi connectivity index (χ1) is 40.1. The summed E-state index contributed by atoms with van der Waals surface area (Å²) in [7, 11) is 0. The Balaban J connectivity index is 1.09. The fraction of sp³-hybridized carbons (Fsp3) is 0.0769. The number of rotatable bonds is 15. The van der Waals surface area contributed by atoms with Crippen LogP contribution < -0.4 is 14.7 Å². The van der Waals surface area contributed by atoms with Gasteiger partial charge in [0.1, 0.15) is 0 Å². The second-order valence-electron chi connectivity index (χ2n) is 21.6. The first-order valence-electron chi connectivity index (χ1n) is 28.2. The Labute approximate surface area is 483 Å². The summed E-state index contributed by atoms with van der Waals surface area (Å²) in [4.78, 5) is 7.18. The van der Waals surface area contributed by atoms with E-state index in [-0.39, 0.29) is 6.61 Å². The van der Waals surface area contributed by atoms with Gasteiger partial charge in [-0.3, -0.25) is 0 Å². The number of aryl methyl sites for hydroxylation is 5. The second kappa shape index (κ2) is 23.4. The summed E-state index contributed by atoms with van der Waals surface area (Å²) in [6.45, 7) is 10.7. The molecular formula is C78H65N3O. The summed E-state index contributed by atoms with van der Waals surface area (Å²) in [6, 6.07) is 104. The molecule has 0 aliphatic heterocycles. The lowest BCUT2D eigenvalue weighted by Gasteiger charge is -2.33. The van der Waals surface area contributed by atoms with E-state index in [1.54, 1.807) is 0 Å². The molecule has 4 heteroatoms. The van der Waals surface area contributed by atoms with Crippen LogP contribution in [0.5, 0.6) is 0 Å². The highest BCUT2D eigenvalue weighted by molar-refractivity contribution is 5.91. The predicted molar refractivity (Wildman–Crippen MR) is 347 cm³/mol. The van der Waals surface area contributed by atoms with Crippen LogP contribution >= 0.6 is 0 Å². The van der Waals surface area contributed by atoms with Crippen LogP contribution in [-0.2, 0) is 6.61 Å². The van der Waals surface area contributed by atoms with E-state index in [9.17, 15) is 5.11 Å². The van der Waals surface area contributed by atoms with Gasteiger partial charge in [0.2, 0.25) is 0 Å². The molecule has 0 aliphatic rings. The summed E-state index contributed by atoms with van der Waals surface area (Å²) in [6.07, 6.45) is 0. The highest BCUT2D eigenvalue weighted by Crippen LogP contribution is 2.47. The van der Waals surface area contributed by atoms with Crippen LogP contribution in [0.3, 0.4) is 0 Å². The molecule has 0 saturated heterocycles. The third kappa shape index (κ3) is 11.5. The molecule has 12 aromatic carbocycles. The van der Waals surface area contributed by atoms with Crippen molar-refractivity contribution in [1.82, 2.24) is 0 Å². The number of benzene rings is 12. The van der Waals surface area contributed by atoms with Crippen LogP contribution in [0.2, 0.25) is 0 Å². The van der Waals surface area contributed by atoms with Crippen LogP contribution in [0.4, 0.5) is 51.2 Å². The van der Waals surface area contributed by atoms with Gasteiger partial charge in [-0.1, -0.05) is 222 Å². The van der Waals surface area contributed by atoms with Gasteiger partial charge >= 0.3 is 0 Å². The van der Waals surface area contributed by atoms with Crippen molar-refractivity contribution in [3.05, 3.63) is 318 Å². The zero-order chi connectivity index (χ0) is 56.1. The molecule has 0 fully saturated rings. The predicted octanol–water partition coefficient (Wildman–Crippen LogP) is 21.5. The summed E-state index contributed by atoms with van der Waals surface area (Å²) in [5.41, 5.74) is 27.6. The van der Waals surface area contributed by atoms with E-state index >= 15 is 0 Å². The maximum atomic E-state index is 9.86. The Kier molecular flexibility index (Phi) is 15.0. The first-order valence-corrected chi connectivity index (χ1v) is 28.2. The zero-order valence-electron chi connectivity index (χ0n) is 47.1. The molecule has 0 spiro atoms. The summed E-state index contributed by atoms with van der Waals surface area (Å²) < 4.78 is 0. The molecule has 0 saturated carbocycles. The SMILES string of the molecule is Cc1ccc(-c2ccc(N(c3ccc(C)cc3)c3cc(N(c4ccc(-c5ccc(C)cc5)cc4)c4ccc(-c5ccc(C)cc5)cc4)cc(N(c4ccc(-c5ccc(C)cc5)cc4)c4ccc(-c5ccc(CO)cc5)cc4)c3)cc2)cc1. The standard InChI is InChI=1S/C78H65N3O/c1-54-6-18-60(19-7-54)65-28-40-71(41-29-65)79(70-38-14-58(5)15-39-70)76-50-77(80(72-42-30-66(31-43-72)61-20-8-55(2)9-21-61)73-44-32-67(33-45-73)62-22-10-56(3)11-23-62)52-78(51-76)81(74-46-34-68(35-47-74)63-24-12-57(4)13-25-63)75-48-36-69(37-49-75)64-26-16-59(53-82)17-27-64/h6-52,82H,53H2,1-5H3. The van der Waals surface area contributed by atoms with Crippen molar-refractivity contribution < 1.29 is 5.11 Å². The lowest BCUT2D eigenvalue weighted by Crippen LogP contribution is -2.16. The van der Waals surface area contributed by atoms with Gasteiger partial charge in [0.05, 0.1) is 23.7 Å². The van der Waals surface area contributed by atoms with E-state index in [1.807, 2.05) is 12.1 Å². The van der Waals surface area contributed by atoms with Crippen molar-refractivity contribution in [2.75, 3.05) is 14.7 Å². The Bertz CT molecular complexity index is 3990. The molecule has 0 radical (unpaired) electrons. The van der Waals surface area contributed by atoms with Crippen molar-refractivity contribution in [3.8, 4) is 55.6 Å². The first kappa shape index (κ1) is 52.7. The van der Waals surface area contributed by atoms with Crippen molar-refractivity contribution in [1.29, 1.82) is 0 Å². The number of hydrogen-bond acceptors (Lipinski definition) is 4. The smallest absolute Gasteiger partial charge is 0.0681 e. The summed E-state index contributed by atoms with van der Waals surface area (Å²) in [5, 5.41) is 9.86. The molecule has 12 rings (SSSR count). The van der Waals surface area contributed by atoms with Crippen molar-refractivity contribution in [2.45, 2.75) is 41.2 Å². The molecule has 1 N–H and O–H groups in total. The minimum atomic E-state index is 0.00686. The van der Waals surface area contributed by atoms with Crippen LogP contribution in [0.15, 0.2) is 285 Å². The zero-order valence-corrected chi connectivity index (χ0v) is 47.1. The quantitative estimate of drug-likeness (QED) is 0.111. The van der Waals surface area contributed by atoms with E-state index in [4.69, 9.17) is 0 Å². The van der Waals surface area contributed by atoms with Gasteiger partial charge in [0.15, 0.2) is 0 Å². The van der Waals surface area contributed by atoms with Crippen molar-refractivity contribution >= 4 is 51.2 Å². The lowest BCUT2D eigenvalue weighted by molar-refractivity contribution is 0.282. The van der Waals surface area contributed by atoms with Crippen molar-refractivity contribution in [3.63, 3.8) is 0 Å². The third-order valence-corrected chi connectivity index (χ3v) is 15.6. The van der Waals surface area contributed by atoms with Crippen LogP contribution in [0, 0.1) is 34.6 Å². The number of aliphatic hydroxyl groups is 1. The minimum absolute atomic E-state index is 0.00686. The van der Waals surface area contributed by atoms with Gasteiger partial charge in [-0.2, -0.15) is 0 Å². The van der Waals surface area contributed by atoms with Gasteiger partial charge in [0, 0.05) is 34.1 Å². The number of nitrogens with zero attached hydrogens (tertiary/aromatic N) is 3. The van der Waals surface area contributed by atoms with Crippen molar-refractivity contribution in [2.24, 2.45) is 0 Å². The Hall–Kier alpha value is -10.0. The number of anilines is 9. The van der Waals surface area contributed by atoms with Gasteiger partial charge in [-0.25, -0.2) is 0 Å². The molecule has 0 aliphatic carbocycles. The number of aliphatic hydroxyl groups excluding tert-OH is 1. The molecule has 0 atom stereocenters. The molecule has 0 amide bonds. The van der Waals surface area contributed by atoms with E-state index in [2.05, 4.69) is 322 Å². The van der Waals surface area contributed by atoms with E-state index in [1.165, 1.54) is 50.1 Å². The third-order valence-electron chi connectivity index (χ3n) is 15.6. The fourth-order valence-corrected chi connectivity index (χ4v) is 10.8. The second-order valence-corrected chi connectivity index (χ2v) is 21.6.